The van der Waals surface area contributed by atoms with Crippen LogP contribution in [0.15, 0.2) is 48.5 Å². The Morgan fingerprint density at radius 2 is 1.90 bits per heavy atom. The average Bonchev–Trinajstić information content (AvgIpc) is 3.11. The summed E-state index contributed by atoms with van der Waals surface area (Å²) in [4.78, 5) is 38.8. The van der Waals surface area contributed by atoms with Crippen LogP contribution in [0, 0.1) is 12.8 Å². The number of nitrogens with zero attached hydrogens (tertiary/aromatic N) is 1. The van der Waals surface area contributed by atoms with Gasteiger partial charge in [-0.05, 0) is 37.1 Å². The Morgan fingerprint density at radius 1 is 1.17 bits per heavy atom. The second kappa shape index (κ2) is 9.09. The number of hydrogen-bond acceptors (Lipinski definition) is 3. The van der Waals surface area contributed by atoms with E-state index in [1.807, 2.05) is 44.2 Å². The summed E-state index contributed by atoms with van der Waals surface area (Å²) < 4.78 is 0. The van der Waals surface area contributed by atoms with Crippen LogP contribution in [0.5, 0.6) is 0 Å². The maximum absolute atomic E-state index is 12.5. The van der Waals surface area contributed by atoms with Crippen molar-refractivity contribution < 1.29 is 14.4 Å². The molecule has 1 aliphatic heterocycles. The molecule has 0 aliphatic carbocycles. The van der Waals surface area contributed by atoms with E-state index in [0.29, 0.717) is 17.3 Å². The van der Waals surface area contributed by atoms with E-state index in [2.05, 4.69) is 10.6 Å². The lowest BCUT2D eigenvalue weighted by Crippen LogP contribution is -2.38. The van der Waals surface area contributed by atoms with Crippen LogP contribution in [0.25, 0.3) is 0 Å². The zero-order valence-electron chi connectivity index (χ0n) is 16.4. The Bertz CT molecular complexity index is 917. The Morgan fingerprint density at radius 3 is 2.62 bits per heavy atom. The molecule has 29 heavy (non-hydrogen) atoms. The molecule has 6 nitrogen and oxygen atoms in total. The van der Waals surface area contributed by atoms with E-state index in [1.54, 1.807) is 23.1 Å². The molecule has 0 saturated carbocycles. The number of benzene rings is 2. The molecule has 1 aliphatic rings. The fraction of sp³-hybridized carbons (Fsp3) is 0.318. The topological polar surface area (TPSA) is 78.5 Å². The summed E-state index contributed by atoms with van der Waals surface area (Å²) in [5.41, 5.74) is 2.40. The molecule has 2 aromatic carbocycles. The van der Waals surface area contributed by atoms with Crippen LogP contribution in [-0.4, -0.2) is 35.7 Å². The van der Waals surface area contributed by atoms with Gasteiger partial charge in [-0.25, -0.2) is 0 Å². The van der Waals surface area contributed by atoms with Crippen molar-refractivity contribution in [3.05, 3.63) is 64.7 Å². The molecule has 2 atom stereocenters. The summed E-state index contributed by atoms with van der Waals surface area (Å²) in [5, 5.41) is 5.93. The lowest BCUT2D eigenvalue weighted by molar-refractivity contribution is -0.130. The quantitative estimate of drug-likeness (QED) is 0.762. The summed E-state index contributed by atoms with van der Waals surface area (Å²) in [5.74, 6) is -1.16. The van der Waals surface area contributed by atoms with E-state index in [0.717, 1.165) is 11.1 Å². The van der Waals surface area contributed by atoms with Crippen LogP contribution in [0.4, 0.5) is 5.69 Å². The molecule has 1 heterocycles. The van der Waals surface area contributed by atoms with Gasteiger partial charge in [-0.2, -0.15) is 0 Å². The van der Waals surface area contributed by atoms with Crippen LogP contribution in [-0.2, 0) is 14.4 Å². The van der Waals surface area contributed by atoms with Crippen LogP contribution in [0.3, 0.4) is 0 Å². The second-order valence-corrected chi connectivity index (χ2v) is 7.62. The van der Waals surface area contributed by atoms with Gasteiger partial charge in [-0.1, -0.05) is 48.0 Å². The van der Waals surface area contributed by atoms with Gasteiger partial charge in [-0.15, -0.1) is 0 Å². The second-order valence-electron chi connectivity index (χ2n) is 7.21. The number of rotatable bonds is 6. The first-order valence-electron chi connectivity index (χ1n) is 9.54. The molecule has 0 aromatic heterocycles. The maximum atomic E-state index is 12.5. The molecule has 0 unspecified atom stereocenters. The van der Waals surface area contributed by atoms with Crippen LogP contribution < -0.4 is 10.6 Å². The van der Waals surface area contributed by atoms with Crippen molar-refractivity contribution >= 4 is 35.0 Å². The normalized spacial score (nSPS) is 17.1. The summed E-state index contributed by atoms with van der Waals surface area (Å²) in [7, 11) is 0. The predicted molar refractivity (Wildman–Crippen MR) is 113 cm³/mol. The molecule has 2 aromatic rings. The van der Waals surface area contributed by atoms with Crippen molar-refractivity contribution in [1.29, 1.82) is 0 Å². The Hall–Kier alpha value is -2.86. The van der Waals surface area contributed by atoms with E-state index in [-0.39, 0.29) is 36.7 Å². The highest BCUT2D eigenvalue weighted by atomic mass is 35.5. The smallest absolute Gasteiger partial charge is 0.243 e. The standard InChI is InChI=1S/C22H24ClN3O3/c1-14-18(23)9-6-10-19(14)25-20(27)12-24-22(29)17-11-21(28)26(13-17)15(2)16-7-4-3-5-8-16/h3-10,15,17H,11-13H2,1-2H3,(H,24,29)(H,25,27)/t15-,17+/m0/s1. The number of carbonyl (C=O) groups is 3. The zero-order valence-corrected chi connectivity index (χ0v) is 17.2. The maximum Gasteiger partial charge on any atom is 0.243 e. The SMILES string of the molecule is Cc1c(Cl)cccc1NC(=O)CNC(=O)[C@@H]1CC(=O)N([C@@H](C)c2ccccc2)C1. The number of anilines is 1. The molecule has 152 valence electrons. The van der Waals surface area contributed by atoms with Gasteiger partial charge in [0.25, 0.3) is 0 Å². The van der Waals surface area contributed by atoms with Crippen molar-refractivity contribution in [1.82, 2.24) is 10.2 Å². The molecule has 2 N–H and O–H groups in total. The number of carbonyl (C=O) groups excluding carboxylic acids is 3. The van der Waals surface area contributed by atoms with Crippen molar-refractivity contribution in [2.75, 3.05) is 18.4 Å². The summed E-state index contributed by atoms with van der Waals surface area (Å²) >= 11 is 6.05. The molecule has 0 spiro atoms. The van der Waals surface area contributed by atoms with Gasteiger partial charge in [0.2, 0.25) is 17.7 Å². The lowest BCUT2D eigenvalue weighted by Gasteiger charge is -2.25. The third kappa shape index (κ3) is 4.95. The Balaban J connectivity index is 1.53. The van der Waals surface area contributed by atoms with Gasteiger partial charge in [-0.3, -0.25) is 14.4 Å². The van der Waals surface area contributed by atoms with E-state index in [4.69, 9.17) is 11.6 Å². The van der Waals surface area contributed by atoms with Crippen molar-refractivity contribution in [2.24, 2.45) is 5.92 Å². The average molecular weight is 414 g/mol. The fourth-order valence-corrected chi connectivity index (χ4v) is 3.62. The van der Waals surface area contributed by atoms with Gasteiger partial charge in [0.15, 0.2) is 0 Å². The first kappa shape index (κ1) is 20.9. The minimum atomic E-state index is -0.464. The first-order valence-corrected chi connectivity index (χ1v) is 9.91. The van der Waals surface area contributed by atoms with Gasteiger partial charge in [0.05, 0.1) is 18.5 Å². The van der Waals surface area contributed by atoms with Gasteiger partial charge in [0.1, 0.15) is 0 Å². The van der Waals surface area contributed by atoms with Crippen molar-refractivity contribution in [3.8, 4) is 0 Å². The van der Waals surface area contributed by atoms with E-state index in [9.17, 15) is 14.4 Å². The molecular weight excluding hydrogens is 390 g/mol. The third-order valence-corrected chi connectivity index (χ3v) is 5.65. The molecule has 1 saturated heterocycles. The minimum absolute atomic E-state index is 0.0551. The molecule has 0 radical (unpaired) electrons. The van der Waals surface area contributed by atoms with E-state index < -0.39 is 5.92 Å². The molecule has 7 heteroatoms. The monoisotopic (exact) mass is 413 g/mol. The highest BCUT2D eigenvalue weighted by Gasteiger charge is 2.37. The summed E-state index contributed by atoms with van der Waals surface area (Å²) in [6.07, 6.45) is 0.151. The van der Waals surface area contributed by atoms with Gasteiger partial charge >= 0.3 is 0 Å². The number of likely N-dealkylation sites (tertiary alicyclic amines) is 1. The molecule has 1 fully saturated rings. The first-order chi connectivity index (χ1) is 13.9. The summed E-state index contributed by atoms with van der Waals surface area (Å²) in [6, 6.07) is 14.8. The highest BCUT2D eigenvalue weighted by molar-refractivity contribution is 6.31. The number of halogens is 1. The molecular formula is C22H24ClN3O3. The van der Waals surface area contributed by atoms with Gasteiger partial charge < -0.3 is 15.5 Å². The Labute approximate surface area is 175 Å². The molecule has 3 amide bonds. The molecule has 3 rings (SSSR count). The molecule has 0 bridgehead atoms. The van der Waals surface area contributed by atoms with Crippen molar-refractivity contribution in [3.63, 3.8) is 0 Å². The number of nitrogens with one attached hydrogen (secondary N) is 2. The number of hydrogen-bond donors (Lipinski definition) is 2. The minimum Gasteiger partial charge on any atom is -0.347 e. The van der Waals surface area contributed by atoms with Crippen LogP contribution in [0.2, 0.25) is 5.02 Å². The van der Waals surface area contributed by atoms with Gasteiger partial charge in [0, 0.05) is 23.7 Å². The van der Waals surface area contributed by atoms with Crippen LogP contribution >= 0.6 is 11.6 Å². The van der Waals surface area contributed by atoms with E-state index in [1.165, 1.54) is 0 Å². The largest absolute Gasteiger partial charge is 0.347 e. The van der Waals surface area contributed by atoms with E-state index >= 15 is 0 Å². The van der Waals surface area contributed by atoms with Crippen molar-refractivity contribution in [2.45, 2.75) is 26.3 Å². The number of amides is 3. The fourth-order valence-electron chi connectivity index (χ4n) is 3.44. The highest BCUT2D eigenvalue weighted by Crippen LogP contribution is 2.28. The third-order valence-electron chi connectivity index (χ3n) is 5.24. The Kier molecular flexibility index (Phi) is 6.54. The zero-order chi connectivity index (χ0) is 21.0. The predicted octanol–water partition coefficient (Wildman–Crippen LogP) is 3.31. The van der Waals surface area contributed by atoms with Crippen LogP contribution in [0.1, 0.15) is 30.5 Å². The lowest BCUT2D eigenvalue weighted by atomic mass is 10.1. The summed E-state index contributed by atoms with van der Waals surface area (Å²) in [6.45, 7) is 3.94.